The number of allylic oxidation sites excluding steroid dienone is 2. The highest BCUT2D eigenvalue weighted by Gasteiger charge is 2.47. The third kappa shape index (κ3) is 4.39. The molecule has 4 amide bonds. The first-order valence-corrected chi connectivity index (χ1v) is 9.99. The van der Waals surface area contributed by atoms with E-state index < -0.39 is 6.04 Å². The highest BCUT2D eigenvalue weighted by Crippen LogP contribution is 2.35. The largest absolute Gasteiger partial charge is 0.357 e. The van der Waals surface area contributed by atoms with Crippen LogP contribution in [0.5, 0.6) is 0 Å². The van der Waals surface area contributed by atoms with Crippen molar-refractivity contribution in [2.75, 3.05) is 13.6 Å². The molecule has 7 heteroatoms. The van der Waals surface area contributed by atoms with Crippen molar-refractivity contribution < 1.29 is 19.2 Å². The summed E-state index contributed by atoms with van der Waals surface area (Å²) in [5.41, 5.74) is 0.905. The lowest BCUT2D eigenvalue weighted by Gasteiger charge is -2.29. The van der Waals surface area contributed by atoms with Gasteiger partial charge in [0.2, 0.25) is 23.6 Å². The topological polar surface area (TPSA) is 86.8 Å². The van der Waals surface area contributed by atoms with Gasteiger partial charge in [0, 0.05) is 26.6 Å². The summed E-state index contributed by atoms with van der Waals surface area (Å²) < 4.78 is 0. The van der Waals surface area contributed by atoms with Crippen LogP contribution in [-0.2, 0) is 25.7 Å². The van der Waals surface area contributed by atoms with Crippen LogP contribution in [-0.4, -0.2) is 53.1 Å². The van der Waals surface area contributed by atoms with Crippen molar-refractivity contribution in [3.8, 4) is 0 Å². The van der Waals surface area contributed by atoms with Gasteiger partial charge < -0.3 is 10.2 Å². The van der Waals surface area contributed by atoms with Gasteiger partial charge in [0.15, 0.2) is 0 Å². The molecule has 1 fully saturated rings. The molecule has 1 aromatic rings. The van der Waals surface area contributed by atoms with E-state index in [2.05, 4.69) is 5.32 Å². The van der Waals surface area contributed by atoms with E-state index in [1.807, 2.05) is 42.5 Å². The number of imide groups is 1. The summed E-state index contributed by atoms with van der Waals surface area (Å²) in [6, 6.07) is 8.75. The Morgan fingerprint density at radius 1 is 1.10 bits per heavy atom. The number of rotatable bonds is 7. The van der Waals surface area contributed by atoms with E-state index in [4.69, 9.17) is 0 Å². The number of benzene rings is 1. The van der Waals surface area contributed by atoms with Crippen LogP contribution in [0.1, 0.15) is 31.7 Å². The predicted molar refractivity (Wildman–Crippen MR) is 107 cm³/mol. The maximum Gasteiger partial charge on any atom is 0.242 e. The average Bonchev–Trinajstić information content (AvgIpc) is 3.00. The molecular formula is C22H27N3O4. The van der Waals surface area contributed by atoms with E-state index in [-0.39, 0.29) is 55.0 Å². The van der Waals surface area contributed by atoms with E-state index in [9.17, 15) is 19.2 Å². The zero-order valence-electron chi connectivity index (χ0n) is 16.8. The number of likely N-dealkylation sites (N-methyl/N-ethyl adjacent to an activating group) is 1. The normalized spacial score (nSPS) is 21.7. The van der Waals surface area contributed by atoms with Crippen molar-refractivity contribution in [3.63, 3.8) is 0 Å². The van der Waals surface area contributed by atoms with E-state index >= 15 is 0 Å². The zero-order valence-corrected chi connectivity index (χ0v) is 16.8. The van der Waals surface area contributed by atoms with Gasteiger partial charge in [0.1, 0.15) is 6.04 Å². The number of nitrogens with one attached hydrogen (secondary N) is 1. The van der Waals surface area contributed by atoms with Gasteiger partial charge in [0.25, 0.3) is 0 Å². The molecule has 0 aromatic heterocycles. The van der Waals surface area contributed by atoms with Gasteiger partial charge >= 0.3 is 0 Å². The van der Waals surface area contributed by atoms with Crippen molar-refractivity contribution in [2.24, 2.45) is 11.8 Å². The van der Waals surface area contributed by atoms with Crippen LogP contribution < -0.4 is 5.32 Å². The summed E-state index contributed by atoms with van der Waals surface area (Å²) in [6.45, 7) is 2.01. The average molecular weight is 397 g/mol. The molecule has 154 valence electrons. The van der Waals surface area contributed by atoms with E-state index in [1.165, 1.54) is 16.8 Å². The first kappa shape index (κ1) is 20.8. The van der Waals surface area contributed by atoms with Gasteiger partial charge in [0.05, 0.1) is 11.8 Å². The molecule has 0 radical (unpaired) electrons. The lowest BCUT2D eigenvalue weighted by atomic mass is 9.85. The third-order valence-electron chi connectivity index (χ3n) is 5.76. The number of hydrogen-bond donors (Lipinski definition) is 1. The number of nitrogens with zero attached hydrogens (tertiary/aromatic N) is 2. The minimum Gasteiger partial charge on any atom is -0.357 e. The first-order valence-electron chi connectivity index (χ1n) is 9.99. The second-order valence-corrected chi connectivity index (χ2v) is 7.53. The summed E-state index contributed by atoms with van der Waals surface area (Å²) in [5, 5.41) is 2.57. The third-order valence-corrected chi connectivity index (χ3v) is 5.76. The minimum absolute atomic E-state index is 0.00147. The van der Waals surface area contributed by atoms with Gasteiger partial charge in [-0.1, -0.05) is 42.5 Å². The Bertz CT molecular complexity index is 795. The summed E-state index contributed by atoms with van der Waals surface area (Å²) in [4.78, 5) is 53.0. The Labute approximate surface area is 170 Å². The molecular weight excluding hydrogens is 370 g/mol. The second-order valence-electron chi connectivity index (χ2n) is 7.53. The summed E-state index contributed by atoms with van der Waals surface area (Å²) >= 11 is 0. The van der Waals surface area contributed by atoms with Crippen molar-refractivity contribution >= 4 is 23.6 Å². The number of hydrogen-bond acceptors (Lipinski definition) is 4. The van der Waals surface area contributed by atoms with E-state index in [1.54, 1.807) is 6.92 Å². The molecule has 2 aliphatic rings. The summed E-state index contributed by atoms with van der Waals surface area (Å²) in [6.07, 6.45) is 5.03. The van der Waals surface area contributed by atoms with Crippen LogP contribution in [0, 0.1) is 11.8 Å². The molecule has 1 aromatic carbocycles. The van der Waals surface area contributed by atoms with Crippen LogP contribution in [0.4, 0.5) is 0 Å². The van der Waals surface area contributed by atoms with E-state index in [0.717, 1.165) is 5.56 Å². The lowest BCUT2D eigenvalue weighted by Crippen LogP contribution is -2.47. The summed E-state index contributed by atoms with van der Waals surface area (Å²) in [5.74, 6) is -1.50. The molecule has 7 nitrogen and oxygen atoms in total. The molecule has 0 spiro atoms. The van der Waals surface area contributed by atoms with Gasteiger partial charge in [-0.15, -0.1) is 0 Å². The van der Waals surface area contributed by atoms with Crippen molar-refractivity contribution in [2.45, 2.75) is 38.8 Å². The van der Waals surface area contributed by atoms with Crippen LogP contribution in [0.3, 0.4) is 0 Å². The fourth-order valence-corrected chi connectivity index (χ4v) is 4.01. The monoisotopic (exact) mass is 397 g/mol. The lowest BCUT2D eigenvalue weighted by molar-refractivity contribution is -0.143. The van der Waals surface area contributed by atoms with Crippen LogP contribution in [0.25, 0.3) is 0 Å². The molecule has 1 saturated heterocycles. The maximum absolute atomic E-state index is 13.0. The highest BCUT2D eigenvalue weighted by atomic mass is 16.2. The van der Waals surface area contributed by atoms with Gasteiger partial charge in [-0.3, -0.25) is 24.1 Å². The Morgan fingerprint density at radius 2 is 1.69 bits per heavy atom. The molecule has 3 atom stereocenters. The molecule has 1 N–H and O–H groups in total. The van der Waals surface area contributed by atoms with Crippen molar-refractivity contribution in [1.29, 1.82) is 0 Å². The van der Waals surface area contributed by atoms with Gasteiger partial charge in [-0.05, 0) is 25.3 Å². The molecule has 1 heterocycles. The number of fused-ring (bicyclic) bond motifs is 1. The molecule has 1 aliphatic carbocycles. The van der Waals surface area contributed by atoms with Crippen LogP contribution >= 0.6 is 0 Å². The smallest absolute Gasteiger partial charge is 0.242 e. The molecule has 29 heavy (non-hydrogen) atoms. The fourth-order valence-electron chi connectivity index (χ4n) is 4.01. The first-order chi connectivity index (χ1) is 13.9. The number of carbonyl (C=O) groups is 4. The zero-order chi connectivity index (χ0) is 21.0. The number of likely N-dealkylation sites (tertiary alicyclic amines) is 1. The quantitative estimate of drug-likeness (QED) is 0.558. The Morgan fingerprint density at radius 3 is 2.24 bits per heavy atom. The van der Waals surface area contributed by atoms with Crippen LogP contribution in [0.2, 0.25) is 0 Å². The Hall–Kier alpha value is -2.96. The maximum atomic E-state index is 13.0. The molecule has 0 bridgehead atoms. The van der Waals surface area contributed by atoms with Gasteiger partial charge in [-0.2, -0.15) is 0 Å². The Balaban J connectivity index is 1.68. The number of carbonyl (C=O) groups excluding carboxylic acids is 4. The molecule has 1 unspecified atom stereocenters. The minimum atomic E-state index is -0.663. The van der Waals surface area contributed by atoms with Crippen LogP contribution in [0.15, 0.2) is 42.5 Å². The molecule has 1 aliphatic heterocycles. The SMILES string of the molecule is CNC(=O)C(C)N(Cc1ccccc1)C(=O)CCN1C(=O)[C@H]2CC=CC[C@H]2C1=O. The highest BCUT2D eigenvalue weighted by molar-refractivity contribution is 6.05. The molecule has 0 saturated carbocycles. The van der Waals surface area contributed by atoms with Gasteiger partial charge in [-0.25, -0.2) is 0 Å². The van der Waals surface area contributed by atoms with Crippen molar-refractivity contribution in [1.82, 2.24) is 15.1 Å². The second kappa shape index (κ2) is 9.03. The Kier molecular flexibility index (Phi) is 6.46. The predicted octanol–water partition coefficient (Wildman–Crippen LogP) is 1.49. The standard InChI is InChI=1S/C22H27N3O4/c1-15(20(27)23-2)25(14-16-8-4-3-5-9-16)19(26)12-13-24-21(28)17-10-6-7-11-18(17)22(24)29/h3-9,15,17-18H,10-14H2,1-2H3,(H,23,27)/t15?,17-,18+. The molecule has 3 rings (SSSR count). The van der Waals surface area contributed by atoms with Crippen molar-refractivity contribution in [3.05, 3.63) is 48.0 Å². The fraction of sp³-hybridized carbons (Fsp3) is 0.455. The number of amides is 4. The van der Waals surface area contributed by atoms with E-state index in [0.29, 0.717) is 12.8 Å². The summed E-state index contributed by atoms with van der Waals surface area (Å²) in [7, 11) is 1.53.